The van der Waals surface area contributed by atoms with Crippen molar-refractivity contribution in [2.75, 3.05) is 0 Å². The standard InChI is InChI=1S/C12H16N2OS/c1-9(6-11-4-3-5-15-11)14-10(2)12-7-16-8-13-12/h3-5,7-10,14H,6H2,1-2H3. The fourth-order valence-corrected chi connectivity index (χ4v) is 2.39. The first-order valence-corrected chi connectivity index (χ1v) is 6.36. The van der Waals surface area contributed by atoms with Crippen LogP contribution >= 0.6 is 11.3 Å². The minimum Gasteiger partial charge on any atom is -0.469 e. The van der Waals surface area contributed by atoms with Crippen LogP contribution < -0.4 is 5.32 Å². The smallest absolute Gasteiger partial charge is 0.105 e. The molecule has 0 bridgehead atoms. The van der Waals surface area contributed by atoms with Crippen molar-refractivity contribution in [1.82, 2.24) is 10.3 Å². The summed E-state index contributed by atoms with van der Waals surface area (Å²) in [5, 5.41) is 5.59. The molecule has 0 fully saturated rings. The van der Waals surface area contributed by atoms with Gasteiger partial charge in [0.1, 0.15) is 5.76 Å². The number of hydrogen-bond acceptors (Lipinski definition) is 4. The summed E-state index contributed by atoms with van der Waals surface area (Å²) in [7, 11) is 0. The van der Waals surface area contributed by atoms with E-state index in [1.807, 2.05) is 17.6 Å². The Morgan fingerprint density at radius 2 is 2.38 bits per heavy atom. The number of nitrogens with one attached hydrogen (secondary N) is 1. The van der Waals surface area contributed by atoms with Crippen molar-refractivity contribution in [1.29, 1.82) is 0 Å². The molecule has 4 heteroatoms. The van der Waals surface area contributed by atoms with Gasteiger partial charge in [-0.15, -0.1) is 11.3 Å². The third-order valence-corrected chi connectivity index (χ3v) is 3.12. The van der Waals surface area contributed by atoms with Crippen LogP contribution in [0, 0.1) is 0 Å². The predicted octanol–water partition coefficient (Wildman–Crippen LogP) is 3.02. The minimum atomic E-state index is 0.288. The lowest BCUT2D eigenvalue weighted by Gasteiger charge is -2.17. The largest absolute Gasteiger partial charge is 0.469 e. The highest BCUT2D eigenvalue weighted by Gasteiger charge is 2.12. The summed E-state index contributed by atoms with van der Waals surface area (Å²) < 4.78 is 5.32. The van der Waals surface area contributed by atoms with E-state index < -0.39 is 0 Å². The van der Waals surface area contributed by atoms with Gasteiger partial charge in [-0.05, 0) is 26.0 Å². The van der Waals surface area contributed by atoms with Gasteiger partial charge in [-0.3, -0.25) is 0 Å². The number of nitrogens with zero attached hydrogens (tertiary/aromatic N) is 1. The van der Waals surface area contributed by atoms with Gasteiger partial charge in [0.15, 0.2) is 0 Å². The Hall–Kier alpha value is -1.13. The number of aromatic nitrogens is 1. The molecule has 86 valence electrons. The molecule has 2 unspecified atom stereocenters. The van der Waals surface area contributed by atoms with Gasteiger partial charge >= 0.3 is 0 Å². The van der Waals surface area contributed by atoms with Gasteiger partial charge in [-0.2, -0.15) is 0 Å². The van der Waals surface area contributed by atoms with Crippen molar-refractivity contribution in [2.24, 2.45) is 0 Å². The average molecular weight is 236 g/mol. The molecule has 0 aliphatic heterocycles. The van der Waals surface area contributed by atoms with E-state index in [2.05, 4.69) is 29.5 Å². The molecule has 2 atom stereocenters. The van der Waals surface area contributed by atoms with E-state index in [0.29, 0.717) is 6.04 Å². The van der Waals surface area contributed by atoms with E-state index in [0.717, 1.165) is 17.9 Å². The lowest BCUT2D eigenvalue weighted by atomic mass is 10.1. The maximum atomic E-state index is 5.32. The van der Waals surface area contributed by atoms with Crippen LogP contribution in [0.3, 0.4) is 0 Å². The first kappa shape index (κ1) is 11.4. The van der Waals surface area contributed by atoms with Crippen molar-refractivity contribution in [3.8, 4) is 0 Å². The third-order valence-electron chi connectivity index (χ3n) is 2.52. The zero-order chi connectivity index (χ0) is 11.4. The molecule has 0 radical (unpaired) electrons. The highest BCUT2D eigenvalue weighted by molar-refractivity contribution is 7.07. The second kappa shape index (κ2) is 5.27. The van der Waals surface area contributed by atoms with Crippen LogP contribution in [0.1, 0.15) is 31.3 Å². The first-order valence-electron chi connectivity index (χ1n) is 5.42. The van der Waals surface area contributed by atoms with Crippen LogP contribution in [-0.4, -0.2) is 11.0 Å². The van der Waals surface area contributed by atoms with Gasteiger partial charge in [0, 0.05) is 23.9 Å². The summed E-state index contributed by atoms with van der Waals surface area (Å²) in [4.78, 5) is 4.30. The molecule has 0 saturated heterocycles. The topological polar surface area (TPSA) is 38.1 Å². The number of hydrogen-bond donors (Lipinski definition) is 1. The van der Waals surface area contributed by atoms with Crippen LogP contribution in [0.4, 0.5) is 0 Å². The summed E-state index contributed by atoms with van der Waals surface area (Å²) in [6, 6.07) is 4.59. The van der Waals surface area contributed by atoms with Gasteiger partial charge < -0.3 is 9.73 Å². The molecule has 0 spiro atoms. The Morgan fingerprint density at radius 1 is 1.50 bits per heavy atom. The Morgan fingerprint density at radius 3 is 3.00 bits per heavy atom. The molecular formula is C12H16N2OS. The predicted molar refractivity (Wildman–Crippen MR) is 65.5 cm³/mol. The normalized spacial score (nSPS) is 14.9. The summed E-state index contributed by atoms with van der Waals surface area (Å²) in [6.45, 7) is 4.29. The molecular weight excluding hydrogens is 220 g/mol. The Kier molecular flexibility index (Phi) is 3.74. The van der Waals surface area contributed by atoms with Crippen molar-refractivity contribution in [3.63, 3.8) is 0 Å². The lowest BCUT2D eigenvalue weighted by Crippen LogP contribution is -2.30. The molecule has 0 aliphatic carbocycles. The van der Waals surface area contributed by atoms with Crippen LogP contribution in [0.5, 0.6) is 0 Å². The zero-order valence-corrected chi connectivity index (χ0v) is 10.3. The number of rotatable bonds is 5. The van der Waals surface area contributed by atoms with E-state index in [1.54, 1.807) is 17.6 Å². The van der Waals surface area contributed by atoms with E-state index in [1.165, 1.54) is 0 Å². The molecule has 0 aliphatic rings. The molecule has 16 heavy (non-hydrogen) atoms. The maximum Gasteiger partial charge on any atom is 0.105 e. The molecule has 3 nitrogen and oxygen atoms in total. The molecule has 2 rings (SSSR count). The summed E-state index contributed by atoms with van der Waals surface area (Å²) >= 11 is 1.63. The monoisotopic (exact) mass is 236 g/mol. The van der Waals surface area contributed by atoms with Gasteiger partial charge in [0.05, 0.1) is 17.5 Å². The van der Waals surface area contributed by atoms with Gasteiger partial charge in [-0.1, -0.05) is 0 Å². The number of furan rings is 1. The first-order chi connectivity index (χ1) is 7.75. The molecule has 0 aromatic carbocycles. The molecule has 2 heterocycles. The van der Waals surface area contributed by atoms with E-state index in [-0.39, 0.29) is 6.04 Å². The summed E-state index contributed by atoms with van der Waals surface area (Å²) in [5.74, 6) is 1.02. The third kappa shape index (κ3) is 2.93. The van der Waals surface area contributed by atoms with E-state index in [9.17, 15) is 0 Å². The van der Waals surface area contributed by atoms with Crippen LogP contribution in [0.25, 0.3) is 0 Å². The van der Waals surface area contributed by atoms with Crippen molar-refractivity contribution in [3.05, 3.63) is 40.7 Å². The van der Waals surface area contributed by atoms with E-state index >= 15 is 0 Å². The second-order valence-corrected chi connectivity index (χ2v) is 4.70. The van der Waals surface area contributed by atoms with Gasteiger partial charge in [-0.25, -0.2) is 4.98 Å². The SMILES string of the molecule is CC(Cc1ccco1)NC(C)c1cscn1. The molecule has 0 amide bonds. The lowest BCUT2D eigenvalue weighted by molar-refractivity contribution is 0.426. The number of thiazole rings is 1. The second-order valence-electron chi connectivity index (χ2n) is 3.99. The Balaban J connectivity index is 1.85. The molecule has 0 saturated carbocycles. The Bertz CT molecular complexity index is 397. The van der Waals surface area contributed by atoms with Gasteiger partial charge in [0.2, 0.25) is 0 Å². The average Bonchev–Trinajstić information content (AvgIpc) is 2.88. The van der Waals surface area contributed by atoms with Crippen molar-refractivity contribution in [2.45, 2.75) is 32.4 Å². The fraction of sp³-hybridized carbons (Fsp3) is 0.417. The highest BCUT2D eigenvalue weighted by atomic mass is 32.1. The Labute approximate surface area is 99.5 Å². The van der Waals surface area contributed by atoms with E-state index in [4.69, 9.17) is 4.42 Å². The van der Waals surface area contributed by atoms with Crippen LogP contribution in [-0.2, 0) is 6.42 Å². The summed E-state index contributed by atoms with van der Waals surface area (Å²) in [6.07, 6.45) is 2.62. The van der Waals surface area contributed by atoms with Gasteiger partial charge in [0.25, 0.3) is 0 Å². The zero-order valence-electron chi connectivity index (χ0n) is 9.51. The van der Waals surface area contributed by atoms with Crippen molar-refractivity contribution >= 4 is 11.3 Å². The molecule has 1 N–H and O–H groups in total. The maximum absolute atomic E-state index is 5.32. The fourth-order valence-electron chi connectivity index (χ4n) is 1.74. The minimum absolute atomic E-state index is 0.288. The molecule has 2 aromatic heterocycles. The highest BCUT2D eigenvalue weighted by Crippen LogP contribution is 2.14. The summed E-state index contributed by atoms with van der Waals surface area (Å²) in [5.41, 5.74) is 2.97. The molecule has 2 aromatic rings. The van der Waals surface area contributed by atoms with Crippen LogP contribution in [0.2, 0.25) is 0 Å². The quantitative estimate of drug-likeness (QED) is 0.867. The van der Waals surface area contributed by atoms with Crippen LogP contribution in [0.15, 0.2) is 33.7 Å². The van der Waals surface area contributed by atoms with Crippen molar-refractivity contribution < 1.29 is 4.42 Å².